The van der Waals surface area contributed by atoms with E-state index in [4.69, 9.17) is 0 Å². The molecule has 2 unspecified atom stereocenters. The molecule has 16 heavy (non-hydrogen) atoms. The number of pyridine rings is 1. The van der Waals surface area contributed by atoms with Gasteiger partial charge in [-0.05, 0) is 49.3 Å². The quantitative estimate of drug-likeness (QED) is 0.840. The van der Waals surface area contributed by atoms with Gasteiger partial charge in [0.05, 0.1) is 0 Å². The number of nitrogens with zero attached hydrogens (tertiary/aromatic N) is 1. The van der Waals surface area contributed by atoms with Crippen LogP contribution in [0.4, 0.5) is 0 Å². The Hall–Kier alpha value is -0.890. The van der Waals surface area contributed by atoms with Gasteiger partial charge in [0.2, 0.25) is 0 Å². The summed E-state index contributed by atoms with van der Waals surface area (Å²) in [6, 6.07) is 4.96. The van der Waals surface area contributed by atoms with Crippen LogP contribution < -0.4 is 5.32 Å². The summed E-state index contributed by atoms with van der Waals surface area (Å²) in [6.07, 6.45) is 8.98. The summed E-state index contributed by atoms with van der Waals surface area (Å²) in [4.78, 5) is 4.20. The Kier molecular flexibility index (Phi) is 3.59. The van der Waals surface area contributed by atoms with Gasteiger partial charge in [-0.15, -0.1) is 0 Å². The van der Waals surface area contributed by atoms with E-state index in [0.717, 1.165) is 12.6 Å². The topological polar surface area (TPSA) is 24.9 Å². The number of aromatic nitrogens is 1. The van der Waals surface area contributed by atoms with Crippen molar-refractivity contribution in [2.24, 2.45) is 5.41 Å². The molecular formula is C14H22N2. The van der Waals surface area contributed by atoms with E-state index >= 15 is 0 Å². The molecule has 2 heteroatoms. The maximum Gasteiger partial charge on any atom is 0.0300 e. The molecule has 0 amide bonds. The monoisotopic (exact) mass is 218 g/mol. The van der Waals surface area contributed by atoms with Crippen molar-refractivity contribution >= 4 is 0 Å². The van der Waals surface area contributed by atoms with Gasteiger partial charge in [0, 0.05) is 18.4 Å². The highest BCUT2D eigenvalue weighted by atomic mass is 14.9. The zero-order valence-corrected chi connectivity index (χ0v) is 10.4. The summed E-state index contributed by atoms with van der Waals surface area (Å²) in [5, 5.41) is 3.57. The molecule has 1 aliphatic rings. The Balaban J connectivity index is 1.95. The standard InChI is InChI=1S/C14H22N2/c1-3-16-13-6-7-14(2,10-13)9-12-5-4-8-15-11-12/h4-5,8,11,13,16H,3,6-7,9-10H2,1-2H3. The minimum Gasteiger partial charge on any atom is -0.314 e. The van der Waals surface area contributed by atoms with Gasteiger partial charge in [-0.25, -0.2) is 0 Å². The van der Waals surface area contributed by atoms with Crippen molar-refractivity contribution in [3.63, 3.8) is 0 Å². The molecule has 1 N–H and O–H groups in total. The number of nitrogens with one attached hydrogen (secondary N) is 1. The van der Waals surface area contributed by atoms with Crippen molar-refractivity contribution in [1.82, 2.24) is 10.3 Å². The number of rotatable bonds is 4. The van der Waals surface area contributed by atoms with Gasteiger partial charge in [0.25, 0.3) is 0 Å². The smallest absolute Gasteiger partial charge is 0.0300 e. The van der Waals surface area contributed by atoms with Crippen LogP contribution in [0.25, 0.3) is 0 Å². The van der Waals surface area contributed by atoms with E-state index in [9.17, 15) is 0 Å². The van der Waals surface area contributed by atoms with E-state index in [1.807, 2.05) is 18.5 Å². The Morgan fingerprint density at radius 1 is 1.56 bits per heavy atom. The van der Waals surface area contributed by atoms with Crippen molar-refractivity contribution in [2.75, 3.05) is 6.54 Å². The Morgan fingerprint density at radius 3 is 3.12 bits per heavy atom. The van der Waals surface area contributed by atoms with Crippen LogP contribution in [0.15, 0.2) is 24.5 Å². The van der Waals surface area contributed by atoms with Gasteiger partial charge in [0.1, 0.15) is 0 Å². The zero-order chi connectivity index (χ0) is 11.4. The first-order valence-electron chi connectivity index (χ1n) is 6.34. The second-order valence-electron chi connectivity index (χ2n) is 5.35. The predicted molar refractivity (Wildman–Crippen MR) is 67.4 cm³/mol. The van der Waals surface area contributed by atoms with Crippen LogP contribution in [0.2, 0.25) is 0 Å². The first-order chi connectivity index (χ1) is 7.72. The summed E-state index contributed by atoms with van der Waals surface area (Å²) in [5.74, 6) is 0. The zero-order valence-electron chi connectivity index (χ0n) is 10.4. The molecule has 0 bridgehead atoms. The van der Waals surface area contributed by atoms with Crippen molar-refractivity contribution in [1.29, 1.82) is 0 Å². The third-order valence-corrected chi connectivity index (χ3v) is 3.68. The average Bonchev–Trinajstić information content (AvgIpc) is 2.62. The molecule has 0 aromatic carbocycles. The minimum absolute atomic E-state index is 0.468. The van der Waals surface area contributed by atoms with Gasteiger partial charge in [-0.3, -0.25) is 4.98 Å². The molecule has 1 heterocycles. The lowest BCUT2D eigenvalue weighted by molar-refractivity contribution is 0.322. The lowest BCUT2D eigenvalue weighted by atomic mass is 9.82. The first-order valence-corrected chi connectivity index (χ1v) is 6.34. The maximum absolute atomic E-state index is 4.20. The highest BCUT2D eigenvalue weighted by Crippen LogP contribution is 2.40. The predicted octanol–water partition coefficient (Wildman–Crippen LogP) is 2.79. The van der Waals surface area contributed by atoms with Crippen LogP contribution in [0, 0.1) is 5.41 Å². The van der Waals surface area contributed by atoms with Gasteiger partial charge >= 0.3 is 0 Å². The van der Waals surface area contributed by atoms with Crippen molar-refractivity contribution in [3.8, 4) is 0 Å². The maximum atomic E-state index is 4.20. The van der Waals surface area contributed by atoms with Gasteiger partial charge in [-0.2, -0.15) is 0 Å². The van der Waals surface area contributed by atoms with Crippen molar-refractivity contribution in [3.05, 3.63) is 30.1 Å². The van der Waals surface area contributed by atoms with Gasteiger partial charge in [-0.1, -0.05) is 19.9 Å². The lowest BCUT2D eigenvalue weighted by Gasteiger charge is -2.24. The molecule has 1 aliphatic carbocycles. The molecule has 2 atom stereocenters. The molecule has 0 aliphatic heterocycles. The van der Waals surface area contributed by atoms with Crippen molar-refractivity contribution in [2.45, 2.75) is 45.6 Å². The fraction of sp³-hybridized carbons (Fsp3) is 0.643. The van der Waals surface area contributed by atoms with Crippen LogP contribution in [-0.2, 0) is 6.42 Å². The molecule has 0 saturated heterocycles. The SMILES string of the molecule is CCNC1CCC(C)(Cc2cccnc2)C1. The van der Waals surface area contributed by atoms with E-state index in [0.29, 0.717) is 5.41 Å². The van der Waals surface area contributed by atoms with Crippen LogP contribution in [0.1, 0.15) is 38.7 Å². The summed E-state index contributed by atoms with van der Waals surface area (Å²) in [5.41, 5.74) is 1.85. The van der Waals surface area contributed by atoms with Crippen LogP contribution in [0.5, 0.6) is 0 Å². The second kappa shape index (κ2) is 4.96. The Morgan fingerprint density at radius 2 is 2.44 bits per heavy atom. The molecule has 1 fully saturated rings. The summed E-state index contributed by atoms with van der Waals surface area (Å²) < 4.78 is 0. The van der Waals surface area contributed by atoms with Crippen LogP contribution >= 0.6 is 0 Å². The largest absolute Gasteiger partial charge is 0.314 e. The number of hydrogen-bond donors (Lipinski definition) is 1. The number of hydrogen-bond acceptors (Lipinski definition) is 2. The minimum atomic E-state index is 0.468. The molecule has 1 saturated carbocycles. The van der Waals surface area contributed by atoms with E-state index in [1.165, 1.54) is 31.2 Å². The van der Waals surface area contributed by atoms with Crippen LogP contribution in [0.3, 0.4) is 0 Å². The Bertz CT molecular complexity index is 323. The third kappa shape index (κ3) is 2.82. The second-order valence-corrected chi connectivity index (χ2v) is 5.35. The highest BCUT2D eigenvalue weighted by Gasteiger charge is 2.34. The fourth-order valence-electron chi connectivity index (χ4n) is 2.94. The normalized spacial score (nSPS) is 29.5. The molecule has 2 rings (SSSR count). The van der Waals surface area contributed by atoms with E-state index in [1.54, 1.807) is 0 Å². The summed E-state index contributed by atoms with van der Waals surface area (Å²) >= 11 is 0. The Labute approximate surface area is 98.5 Å². The average molecular weight is 218 g/mol. The molecular weight excluding hydrogens is 196 g/mol. The fourth-order valence-corrected chi connectivity index (χ4v) is 2.94. The molecule has 2 nitrogen and oxygen atoms in total. The van der Waals surface area contributed by atoms with Gasteiger partial charge in [0.15, 0.2) is 0 Å². The molecule has 88 valence electrons. The molecule has 1 aromatic heterocycles. The van der Waals surface area contributed by atoms with E-state index in [2.05, 4.69) is 30.2 Å². The van der Waals surface area contributed by atoms with Crippen molar-refractivity contribution < 1.29 is 0 Å². The molecule has 0 radical (unpaired) electrons. The lowest BCUT2D eigenvalue weighted by Crippen LogP contribution is -2.28. The van der Waals surface area contributed by atoms with Gasteiger partial charge < -0.3 is 5.32 Å². The third-order valence-electron chi connectivity index (χ3n) is 3.68. The van der Waals surface area contributed by atoms with E-state index in [-0.39, 0.29) is 0 Å². The summed E-state index contributed by atoms with van der Waals surface area (Å²) in [7, 11) is 0. The first kappa shape index (κ1) is 11.6. The molecule has 0 spiro atoms. The van der Waals surface area contributed by atoms with E-state index < -0.39 is 0 Å². The summed E-state index contributed by atoms with van der Waals surface area (Å²) in [6.45, 7) is 5.70. The molecule has 1 aromatic rings. The van der Waals surface area contributed by atoms with Crippen LogP contribution in [-0.4, -0.2) is 17.6 Å². The highest BCUT2D eigenvalue weighted by molar-refractivity contribution is 5.12.